The molecule has 3 rings (SSSR count). The third kappa shape index (κ3) is 5.48. The SMILES string of the molecule is CN(Cc1ccccc1Cl)C(=O)C1CCN(S(=O)(=O)c2ccc(C(C)(C)C)cc2)CC1. The van der Waals surface area contributed by atoms with Gasteiger partial charge in [-0.25, -0.2) is 8.42 Å². The fourth-order valence-electron chi connectivity index (χ4n) is 3.89. The van der Waals surface area contributed by atoms with Gasteiger partial charge in [0.25, 0.3) is 0 Å². The molecule has 31 heavy (non-hydrogen) atoms. The highest BCUT2D eigenvalue weighted by Gasteiger charge is 2.33. The van der Waals surface area contributed by atoms with E-state index in [1.165, 1.54) is 4.31 Å². The van der Waals surface area contributed by atoms with E-state index in [0.717, 1.165) is 11.1 Å². The Hall–Kier alpha value is -1.89. The maximum absolute atomic E-state index is 13.1. The molecule has 1 fully saturated rings. The Morgan fingerprint density at radius 3 is 2.19 bits per heavy atom. The molecule has 5 nitrogen and oxygen atoms in total. The van der Waals surface area contributed by atoms with Crippen LogP contribution in [0.15, 0.2) is 53.4 Å². The van der Waals surface area contributed by atoms with Crippen LogP contribution in [0.1, 0.15) is 44.7 Å². The third-order valence-corrected chi connectivity index (χ3v) is 8.18. The van der Waals surface area contributed by atoms with Crippen molar-refractivity contribution >= 4 is 27.5 Å². The normalized spacial score (nSPS) is 16.3. The molecule has 0 bridgehead atoms. The molecule has 0 radical (unpaired) electrons. The van der Waals surface area contributed by atoms with Crippen LogP contribution in [0.25, 0.3) is 0 Å². The second-order valence-electron chi connectivity index (χ2n) is 9.24. The minimum atomic E-state index is -3.56. The first-order valence-corrected chi connectivity index (χ1v) is 12.4. The molecule has 1 aliphatic heterocycles. The van der Waals surface area contributed by atoms with Gasteiger partial charge in [-0.1, -0.05) is 62.7 Å². The zero-order valence-electron chi connectivity index (χ0n) is 18.6. The Balaban J connectivity index is 1.61. The summed E-state index contributed by atoms with van der Waals surface area (Å²) in [6.45, 7) is 7.43. The van der Waals surface area contributed by atoms with E-state index >= 15 is 0 Å². The summed E-state index contributed by atoms with van der Waals surface area (Å²) < 4.78 is 27.6. The Morgan fingerprint density at radius 2 is 1.65 bits per heavy atom. The fourth-order valence-corrected chi connectivity index (χ4v) is 5.56. The predicted octanol–water partition coefficient (Wildman–Crippen LogP) is 4.70. The number of hydrogen-bond acceptors (Lipinski definition) is 3. The molecular weight excluding hydrogens is 432 g/mol. The minimum Gasteiger partial charge on any atom is -0.341 e. The van der Waals surface area contributed by atoms with Crippen molar-refractivity contribution in [1.29, 1.82) is 0 Å². The van der Waals surface area contributed by atoms with Crippen LogP contribution in [0.2, 0.25) is 5.02 Å². The zero-order chi connectivity index (χ0) is 22.8. The van der Waals surface area contributed by atoms with Gasteiger partial charge in [-0.05, 0) is 47.6 Å². The maximum atomic E-state index is 13.1. The highest BCUT2D eigenvalue weighted by molar-refractivity contribution is 7.89. The number of nitrogens with zero attached hydrogens (tertiary/aromatic N) is 2. The van der Waals surface area contributed by atoms with Crippen LogP contribution < -0.4 is 0 Å². The lowest BCUT2D eigenvalue weighted by Gasteiger charge is -2.32. The van der Waals surface area contributed by atoms with Gasteiger partial charge in [0.1, 0.15) is 0 Å². The Labute approximate surface area is 191 Å². The van der Waals surface area contributed by atoms with Crippen molar-refractivity contribution in [2.24, 2.45) is 5.92 Å². The molecule has 0 N–H and O–H groups in total. The van der Waals surface area contributed by atoms with E-state index in [9.17, 15) is 13.2 Å². The standard InChI is InChI=1S/C24H31ClN2O3S/c1-24(2,3)20-9-11-21(12-10-20)31(29,30)27-15-13-18(14-16-27)23(28)26(4)17-19-7-5-6-8-22(19)25/h5-12,18H,13-17H2,1-4H3. The van der Waals surface area contributed by atoms with Crippen LogP contribution in [0.4, 0.5) is 0 Å². The molecule has 2 aromatic carbocycles. The zero-order valence-corrected chi connectivity index (χ0v) is 20.2. The number of benzene rings is 2. The van der Waals surface area contributed by atoms with Crippen LogP contribution in [0, 0.1) is 5.92 Å². The summed E-state index contributed by atoms with van der Waals surface area (Å²) in [5.41, 5.74) is 1.97. The van der Waals surface area contributed by atoms with Gasteiger partial charge in [-0.15, -0.1) is 0 Å². The molecule has 0 saturated carbocycles. The van der Waals surface area contributed by atoms with E-state index in [0.29, 0.717) is 42.4 Å². The lowest BCUT2D eigenvalue weighted by atomic mass is 9.87. The van der Waals surface area contributed by atoms with Crippen LogP contribution in [0.3, 0.4) is 0 Å². The van der Waals surface area contributed by atoms with Gasteiger partial charge in [0.15, 0.2) is 0 Å². The summed E-state index contributed by atoms with van der Waals surface area (Å²) in [6, 6.07) is 14.6. The van der Waals surface area contributed by atoms with Gasteiger partial charge in [-0.3, -0.25) is 4.79 Å². The molecule has 7 heteroatoms. The molecule has 1 aliphatic rings. The third-order valence-electron chi connectivity index (χ3n) is 5.90. The van der Waals surface area contributed by atoms with Crippen LogP contribution in [0.5, 0.6) is 0 Å². The molecule has 0 aliphatic carbocycles. The topological polar surface area (TPSA) is 57.7 Å². The first-order chi connectivity index (χ1) is 14.5. The summed E-state index contributed by atoms with van der Waals surface area (Å²) in [5.74, 6) is -0.145. The Bertz CT molecular complexity index is 1020. The molecule has 1 saturated heterocycles. The number of halogens is 1. The van der Waals surface area contributed by atoms with E-state index in [1.54, 1.807) is 24.1 Å². The molecule has 168 valence electrons. The summed E-state index contributed by atoms with van der Waals surface area (Å²) >= 11 is 6.21. The lowest BCUT2D eigenvalue weighted by molar-refractivity contribution is -0.135. The number of hydrogen-bond donors (Lipinski definition) is 0. The number of sulfonamides is 1. The molecule has 1 amide bonds. The minimum absolute atomic E-state index is 0.0308. The maximum Gasteiger partial charge on any atom is 0.243 e. The molecule has 0 aromatic heterocycles. The van der Waals surface area contributed by atoms with Gasteiger partial charge in [0.2, 0.25) is 15.9 Å². The Morgan fingerprint density at radius 1 is 1.06 bits per heavy atom. The number of carbonyl (C=O) groups excluding carboxylic acids is 1. The van der Waals surface area contributed by atoms with Crippen molar-refractivity contribution in [3.63, 3.8) is 0 Å². The number of amides is 1. The first-order valence-electron chi connectivity index (χ1n) is 10.6. The van der Waals surface area contributed by atoms with Gasteiger partial charge in [0.05, 0.1) is 4.90 Å². The summed E-state index contributed by atoms with van der Waals surface area (Å²) in [6.07, 6.45) is 1.04. The van der Waals surface area contributed by atoms with E-state index in [2.05, 4.69) is 20.8 Å². The van der Waals surface area contributed by atoms with Crippen molar-refractivity contribution in [1.82, 2.24) is 9.21 Å². The number of piperidine rings is 1. The van der Waals surface area contributed by atoms with E-state index in [-0.39, 0.29) is 17.2 Å². The lowest BCUT2D eigenvalue weighted by Crippen LogP contribution is -2.43. The largest absolute Gasteiger partial charge is 0.341 e. The average molecular weight is 463 g/mol. The van der Waals surface area contributed by atoms with Crippen molar-refractivity contribution in [3.8, 4) is 0 Å². The van der Waals surface area contributed by atoms with Crippen LogP contribution in [-0.2, 0) is 26.8 Å². The second kappa shape index (κ2) is 9.31. The van der Waals surface area contributed by atoms with Gasteiger partial charge in [-0.2, -0.15) is 4.31 Å². The van der Waals surface area contributed by atoms with E-state index in [1.807, 2.05) is 36.4 Å². The summed E-state index contributed by atoms with van der Waals surface area (Å²) in [4.78, 5) is 14.9. The monoisotopic (exact) mass is 462 g/mol. The second-order valence-corrected chi connectivity index (χ2v) is 11.6. The predicted molar refractivity (Wildman–Crippen MR) is 125 cm³/mol. The fraction of sp³-hybridized carbons (Fsp3) is 0.458. The van der Waals surface area contributed by atoms with E-state index in [4.69, 9.17) is 11.6 Å². The van der Waals surface area contributed by atoms with Crippen molar-refractivity contribution < 1.29 is 13.2 Å². The van der Waals surface area contributed by atoms with Crippen molar-refractivity contribution in [2.75, 3.05) is 20.1 Å². The summed E-state index contributed by atoms with van der Waals surface area (Å²) in [7, 11) is -1.79. The molecule has 1 heterocycles. The van der Waals surface area contributed by atoms with Crippen LogP contribution in [-0.4, -0.2) is 43.7 Å². The number of rotatable bonds is 5. The molecule has 0 atom stereocenters. The highest BCUT2D eigenvalue weighted by Crippen LogP contribution is 2.28. The molecule has 0 spiro atoms. The Kier molecular flexibility index (Phi) is 7.14. The van der Waals surface area contributed by atoms with Gasteiger partial charge < -0.3 is 4.90 Å². The summed E-state index contributed by atoms with van der Waals surface area (Å²) in [5, 5.41) is 0.639. The average Bonchev–Trinajstić information content (AvgIpc) is 2.74. The first kappa shape index (κ1) is 23.8. The smallest absolute Gasteiger partial charge is 0.243 e. The van der Waals surface area contributed by atoms with Gasteiger partial charge in [0, 0.05) is 37.6 Å². The quantitative estimate of drug-likeness (QED) is 0.647. The molecule has 2 aromatic rings. The highest BCUT2D eigenvalue weighted by atomic mass is 35.5. The van der Waals surface area contributed by atoms with Crippen LogP contribution >= 0.6 is 11.6 Å². The van der Waals surface area contributed by atoms with Crippen molar-refractivity contribution in [3.05, 3.63) is 64.7 Å². The van der Waals surface area contributed by atoms with Crippen molar-refractivity contribution in [2.45, 2.75) is 50.5 Å². The molecule has 0 unspecified atom stereocenters. The van der Waals surface area contributed by atoms with Gasteiger partial charge >= 0.3 is 0 Å². The molecular formula is C24H31ClN2O3S. The number of carbonyl (C=O) groups is 1. The van der Waals surface area contributed by atoms with E-state index < -0.39 is 10.0 Å².